The van der Waals surface area contributed by atoms with Crippen LogP contribution in [0.1, 0.15) is 33.6 Å². The van der Waals surface area contributed by atoms with Crippen LogP contribution in [0.3, 0.4) is 0 Å². The molecule has 1 saturated heterocycles. The molecule has 2 unspecified atom stereocenters. The Labute approximate surface area is 118 Å². The van der Waals surface area contributed by atoms with E-state index in [4.69, 9.17) is 15.6 Å². The van der Waals surface area contributed by atoms with Gasteiger partial charge < -0.3 is 20.5 Å². The second-order valence-corrected chi connectivity index (χ2v) is 6.03. The van der Waals surface area contributed by atoms with Gasteiger partial charge in [0.25, 0.3) is 0 Å². The number of ketones is 1. The fraction of sp³-hybridized carbons (Fsp3) is 0.769. The maximum Gasteiger partial charge on any atom is 0.410 e. The Kier molecular flexibility index (Phi) is 5.10. The number of nitrogens with two attached hydrogens (primary N) is 1. The zero-order valence-electron chi connectivity index (χ0n) is 12.1. The minimum Gasteiger partial charge on any atom is -0.480 e. The average molecular weight is 286 g/mol. The lowest BCUT2D eigenvalue weighted by molar-refractivity contribution is -0.140. The van der Waals surface area contributed by atoms with Gasteiger partial charge in [0, 0.05) is 25.4 Å². The van der Waals surface area contributed by atoms with Crippen LogP contribution in [0.15, 0.2) is 0 Å². The topological polar surface area (TPSA) is 110 Å². The summed E-state index contributed by atoms with van der Waals surface area (Å²) in [6.07, 6.45) is -0.137. The number of rotatable bonds is 4. The van der Waals surface area contributed by atoms with Crippen molar-refractivity contribution < 1.29 is 24.2 Å². The maximum absolute atomic E-state index is 11.9. The van der Waals surface area contributed by atoms with Crippen molar-refractivity contribution in [3.63, 3.8) is 0 Å². The molecule has 1 rings (SSSR count). The van der Waals surface area contributed by atoms with Gasteiger partial charge in [-0.2, -0.15) is 0 Å². The highest BCUT2D eigenvalue weighted by Gasteiger charge is 2.34. The lowest BCUT2D eigenvalue weighted by atomic mass is 9.98. The normalized spacial score (nSPS) is 20.6. The Bertz CT molecular complexity index is 402. The number of ether oxygens (including phenoxy) is 1. The van der Waals surface area contributed by atoms with Gasteiger partial charge >= 0.3 is 12.1 Å². The second kappa shape index (κ2) is 6.21. The Balaban J connectivity index is 2.49. The van der Waals surface area contributed by atoms with Gasteiger partial charge in [-0.15, -0.1) is 0 Å². The van der Waals surface area contributed by atoms with E-state index in [9.17, 15) is 14.4 Å². The van der Waals surface area contributed by atoms with Crippen molar-refractivity contribution in [2.45, 2.75) is 45.3 Å². The molecular formula is C13H22N2O5. The van der Waals surface area contributed by atoms with E-state index >= 15 is 0 Å². The largest absolute Gasteiger partial charge is 0.480 e. The van der Waals surface area contributed by atoms with Gasteiger partial charge in [0.15, 0.2) is 0 Å². The molecule has 7 nitrogen and oxygen atoms in total. The van der Waals surface area contributed by atoms with E-state index in [1.54, 1.807) is 20.8 Å². The van der Waals surface area contributed by atoms with E-state index in [1.165, 1.54) is 4.90 Å². The second-order valence-electron chi connectivity index (χ2n) is 6.03. The minimum absolute atomic E-state index is 0.206. The molecule has 0 spiro atoms. The first-order valence-electron chi connectivity index (χ1n) is 6.59. The molecule has 7 heteroatoms. The smallest absolute Gasteiger partial charge is 0.410 e. The molecule has 3 N–H and O–H groups in total. The van der Waals surface area contributed by atoms with Crippen molar-refractivity contribution in [3.8, 4) is 0 Å². The third-order valence-corrected chi connectivity index (χ3v) is 3.03. The quantitative estimate of drug-likeness (QED) is 0.783. The summed E-state index contributed by atoms with van der Waals surface area (Å²) in [5, 5.41) is 8.68. The summed E-state index contributed by atoms with van der Waals surface area (Å²) in [6, 6.07) is -1.18. The first-order chi connectivity index (χ1) is 9.10. The third kappa shape index (κ3) is 4.80. The number of nitrogens with zero attached hydrogens (tertiary/aromatic N) is 1. The Morgan fingerprint density at radius 3 is 2.50 bits per heavy atom. The fourth-order valence-electron chi connectivity index (χ4n) is 1.99. The summed E-state index contributed by atoms with van der Waals surface area (Å²) in [5.41, 5.74) is 4.76. The van der Waals surface area contributed by atoms with E-state index < -0.39 is 23.7 Å². The standard InChI is InChI=1S/C13H22N2O5/c1-13(2,3)20-12(19)15-5-4-8(7-15)10(16)6-9(14)11(17)18/h8-9H,4-7,14H2,1-3H3,(H,17,18). The molecule has 114 valence electrons. The first kappa shape index (κ1) is 16.4. The molecule has 1 aliphatic heterocycles. The molecule has 2 atom stereocenters. The number of hydrogen-bond acceptors (Lipinski definition) is 5. The van der Waals surface area contributed by atoms with Crippen molar-refractivity contribution in [3.05, 3.63) is 0 Å². The van der Waals surface area contributed by atoms with Crippen molar-refractivity contribution in [1.82, 2.24) is 4.90 Å². The van der Waals surface area contributed by atoms with Gasteiger partial charge in [0.2, 0.25) is 0 Å². The van der Waals surface area contributed by atoms with E-state index in [2.05, 4.69) is 0 Å². The summed E-state index contributed by atoms with van der Waals surface area (Å²) < 4.78 is 5.23. The fourth-order valence-corrected chi connectivity index (χ4v) is 1.99. The molecule has 1 fully saturated rings. The summed E-state index contributed by atoms with van der Waals surface area (Å²) in [6.45, 7) is 6.02. The van der Waals surface area contributed by atoms with Crippen LogP contribution in [0.2, 0.25) is 0 Å². The van der Waals surface area contributed by atoms with E-state index in [0.29, 0.717) is 13.0 Å². The highest BCUT2D eigenvalue weighted by Crippen LogP contribution is 2.21. The molecule has 1 aliphatic rings. The predicted molar refractivity (Wildman–Crippen MR) is 71.1 cm³/mol. The lowest BCUT2D eigenvalue weighted by Gasteiger charge is -2.24. The molecule has 0 bridgehead atoms. The number of carbonyl (C=O) groups is 3. The Hall–Kier alpha value is -1.63. The summed E-state index contributed by atoms with van der Waals surface area (Å²) in [4.78, 5) is 35.8. The van der Waals surface area contributed by atoms with Crippen LogP contribution in [-0.4, -0.2) is 52.6 Å². The lowest BCUT2D eigenvalue weighted by Crippen LogP contribution is -2.37. The van der Waals surface area contributed by atoms with E-state index in [1.807, 2.05) is 0 Å². The molecule has 0 aromatic carbocycles. The Morgan fingerprint density at radius 1 is 1.40 bits per heavy atom. The van der Waals surface area contributed by atoms with Crippen LogP contribution < -0.4 is 5.73 Å². The van der Waals surface area contributed by atoms with Crippen LogP contribution in [0.25, 0.3) is 0 Å². The third-order valence-electron chi connectivity index (χ3n) is 3.03. The summed E-state index contributed by atoms with van der Waals surface area (Å²) in [7, 11) is 0. The van der Waals surface area contributed by atoms with Crippen LogP contribution in [0, 0.1) is 5.92 Å². The summed E-state index contributed by atoms with van der Waals surface area (Å²) in [5.74, 6) is -1.76. The first-order valence-corrected chi connectivity index (χ1v) is 6.59. The Morgan fingerprint density at radius 2 is 2.00 bits per heavy atom. The molecular weight excluding hydrogens is 264 g/mol. The van der Waals surface area contributed by atoms with Crippen LogP contribution in [-0.2, 0) is 14.3 Å². The predicted octanol–water partition coefficient (Wildman–Crippen LogP) is 0.615. The average Bonchev–Trinajstić information content (AvgIpc) is 2.75. The van der Waals surface area contributed by atoms with Gasteiger partial charge in [-0.3, -0.25) is 9.59 Å². The number of carboxylic acid groups (broad SMARTS) is 1. The van der Waals surface area contributed by atoms with E-state index in [-0.39, 0.29) is 24.7 Å². The highest BCUT2D eigenvalue weighted by molar-refractivity contribution is 5.87. The van der Waals surface area contributed by atoms with Crippen LogP contribution in [0.4, 0.5) is 4.79 Å². The molecule has 20 heavy (non-hydrogen) atoms. The van der Waals surface area contributed by atoms with Gasteiger partial charge in [-0.1, -0.05) is 0 Å². The molecule has 0 saturated carbocycles. The molecule has 1 heterocycles. The zero-order valence-corrected chi connectivity index (χ0v) is 12.1. The number of carbonyl (C=O) groups excluding carboxylic acids is 2. The van der Waals surface area contributed by atoms with Gasteiger partial charge in [0.05, 0.1) is 0 Å². The van der Waals surface area contributed by atoms with Crippen LogP contribution in [0.5, 0.6) is 0 Å². The van der Waals surface area contributed by atoms with Crippen LogP contribution >= 0.6 is 0 Å². The van der Waals surface area contributed by atoms with Gasteiger partial charge in [-0.25, -0.2) is 4.79 Å². The number of carboxylic acids is 1. The van der Waals surface area contributed by atoms with Crippen molar-refractivity contribution in [2.24, 2.45) is 11.7 Å². The minimum atomic E-state index is -1.19. The van der Waals surface area contributed by atoms with Gasteiger partial charge in [0.1, 0.15) is 17.4 Å². The maximum atomic E-state index is 11.9. The number of likely N-dealkylation sites (tertiary alicyclic amines) is 1. The molecule has 0 aromatic rings. The molecule has 1 amide bonds. The summed E-state index contributed by atoms with van der Waals surface area (Å²) >= 11 is 0. The zero-order chi connectivity index (χ0) is 15.5. The molecule has 0 aliphatic carbocycles. The number of hydrogen-bond donors (Lipinski definition) is 2. The van der Waals surface area contributed by atoms with Crippen molar-refractivity contribution in [2.75, 3.05) is 13.1 Å². The number of Topliss-reactive ketones (excluding diaryl/α,β-unsaturated/α-hetero) is 1. The van der Waals surface area contributed by atoms with Crippen molar-refractivity contribution >= 4 is 17.8 Å². The monoisotopic (exact) mass is 286 g/mol. The van der Waals surface area contributed by atoms with E-state index in [0.717, 1.165) is 0 Å². The number of amides is 1. The molecule has 0 aromatic heterocycles. The van der Waals surface area contributed by atoms with Crippen molar-refractivity contribution in [1.29, 1.82) is 0 Å². The highest BCUT2D eigenvalue weighted by atomic mass is 16.6. The number of aliphatic carboxylic acids is 1. The SMILES string of the molecule is CC(C)(C)OC(=O)N1CCC(C(=O)CC(N)C(=O)O)C1. The molecule has 0 radical (unpaired) electrons. The van der Waals surface area contributed by atoms with Gasteiger partial charge in [-0.05, 0) is 27.2 Å².